The average Bonchev–Trinajstić information content (AvgIpc) is 2.35. The summed E-state index contributed by atoms with van der Waals surface area (Å²) in [5.41, 5.74) is 6.48. The van der Waals surface area contributed by atoms with Crippen LogP contribution in [0.5, 0.6) is 0 Å². The largest absolute Gasteiger partial charge is 0.335 e. The van der Waals surface area contributed by atoms with Crippen molar-refractivity contribution in [1.29, 1.82) is 5.26 Å². The van der Waals surface area contributed by atoms with Crippen LogP contribution in [-0.2, 0) is 4.79 Å². The molecule has 0 saturated carbocycles. The highest BCUT2D eigenvalue weighted by Gasteiger charge is 2.21. The van der Waals surface area contributed by atoms with Crippen molar-refractivity contribution in [2.75, 3.05) is 0 Å². The zero-order valence-electron chi connectivity index (χ0n) is 10.5. The lowest BCUT2D eigenvalue weighted by molar-refractivity contribution is -0.123. The Morgan fingerprint density at radius 2 is 1.89 bits per heavy atom. The summed E-state index contributed by atoms with van der Waals surface area (Å²) in [6.07, 6.45) is 0. The summed E-state index contributed by atoms with van der Waals surface area (Å²) in [6.45, 7) is 3.74. The fourth-order valence-corrected chi connectivity index (χ4v) is 1.38. The van der Waals surface area contributed by atoms with Crippen molar-refractivity contribution >= 4 is 18.3 Å². The van der Waals surface area contributed by atoms with E-state index in [0.717, 1.165) is 5.56 Å². The van der Waals surface area contributed by atoms with Gasteiger partial charge in [0.1, 0.15) is 6.04 Å². The number of nitrogens with one attached hydrogen (secondary N) is 1. The normalized spacial score (nSPS) is 13.1. The van der Waals surface area contributed by atoms with Gasteiger partial charge in [-0.1, -0.05) is 44.2 Å². The minimum absolute atomic E-state index is 0. The minimum atomic E-state index is -0.645. The molecule has 4 nitrogen and oxygen atoms in total. The molecule has 0 aromatic heterocycles. The molecule has 0 aliphatic carbocycles. The highest BCUT2D eigenvalue weighted by atomic mass is 35.5. The quantitative estimate of drug-likeness (QED) is 0.873. The first-order valence-electron chi connectivity index (χ1n) is 5.56. The lowest BCUT2D eigenvalue weighted by atomic mass is 10.0. The molecule has 0 aliphatic heterocycles. The van der Waals surface area contributed by atoms with Crippen molar-refractivity contribution in [3.05, 3.63) is 35.9 Å². The fraction of sp³-hybridized carbons (Fsp3) is 0.385. The highest BCUT2D eigenvalue weighted by molar-refractivity contribution is 5.85. The molecule has 98 valence electrons. The number of halogens is 1. The first-order chi connectivity index (χ1) is 8.06. The lowest BCUT2D eigenvalue weighted by Crippen LogP contribution is -2.45. The highest BCUT2D eigenvalue weighted by Crippen LogP contribution is 2.11. The van der Waals surface area contributed by atoms with Gasteiger partial charge in [-0.15, -0.1) is 12.4 Å². The van der Waals surface area contributed by atoms with Crippen molar-refractivity contribution in [2.24, 2.45) is 11.7 Å². The molecular formula is C13H18ClN3O. The summed E-state index contributed by atoms with van der Waals surface area (Å²) in [4.78, 5) is 11.7. The summed E-state index contributed by atoms with van der Waals surface area (Å²) < 4.78 is 0. The molecular weight excluding hydrogens is 250 g/mol. The predicted molar refractivity (Wildman–Crippen MR) is 73.0 cm³/mol. The van der Waals surface area contributed by atoms with E-state index in [0.29, 0.717) is 0 Å². The third kappa shape index (κ3) is 4.36. The molecule has 0 bridgehead atoms. The third-order valence-corrected chi connectivity index (χ3v) is 2.57. The van der Waals surface area contributed by atoms with Crippen LogP contribution >= 0.6 is 12.4 Å². The SMILES string of the molecule is CC(C)[C@@H](N)C(=O)NC(C#N)c1ccccc1.Cl. The molecule has 1 unspecified atom stereocenters. The number of carbonyl (C=O) groups excluding carboxylic acids is 1. The minimum Gasteiger partial charge on any atom is -0.335 e. The second-order valence-electron chi connectivity index (χ2n) is 4.25. The van der Waals surface area contributed by atoms with Crippen LogP contribution < -0.4 is 11.1 Å². The molecule has 1 aromatic rings. The van der Waals surface area contributed by atoms with Crippen LogP contribution in [0.4, 0.5) is 0 Å². The summed E-state index contributed by atoms with van der Waals surface area (Å²) in [6, 6.07) is 9.94. The number of carbonyl (C=O) groups is 1. The van der Waals surface area contributed by atoms with E-state index in [1.165, 1.54) is 0 Å². The van der Waals surface area contributed by atoms with Crippen molar-refractivity contribution in [3.8, 4) is 6.07 Å². The average molecular weight is 268 g/mol. The molecule has 3 N–H and O–H groups in total. The van der Waals surface area contributed by atoms with Crippen molar-refractivity contribution in [2.45, 2.75) is 25.9 Å². The third-order valence-electron chi connectivity index (χ3n) is 2.57. The molecule has 0 fully saturated rings. The Kier molecular flexibility index (Phi) is 7.03. The Balaban J connectivity index is 0.00000289. The van der Waals surface area contributed by atoms with Gasteiger partial charge in [0.15, 0.2) is 0 Å². The Labute approximate surface area is 114 Å². The predicted octanol–water partition coefficient (Wildman–Crippen LogP) is 1.77. The van der Waals surface area contributed by atoms with Crippen molar-refractivity contribution in [1.82, 2.24) is 5.32 Å². The monoisotopic (exact) mass is 267 g/mol. The lowest BCUT2D eigenvalue weighted by Gasteiger charge is -2.18. The van der Waals surface area contributed by atoms with Gasteiger partial charge in [-0.2, -0.15) is 5.26 Å². The second kappa shape index (κ2) is 7.70. The number of nitrogens with zero attached hydrogens (tertiary/aromatic N) is 1. The van der Waals surface area contributed by atoms with Crippen LogP contribution in [0.2, 0.25) is 0 Å². The Morgan fingerprint density at radius 1 is 1.33 bits per heavy atom. The van der Waals surface area contributed by atoms with Gasteiger partial charge in [-0.05, 0) is 11.5 Å². The molecule has 1 aromatic carbocycles. The van der Waals surface area contributed by atoms with Crippen LogP contribution in [0.15, 0.2) is 30.3 Å². The van der Waals surface area contributed by atoms with Gasteiger partial charge in [0.05, 0.1) is 12.1 Å². The van der Waals surface area contributed by atoms with E-state index >= 15 is 0 Å². The maximum absolute atomic E-state index is 11.7. The van der Waals surface area contributed by atoms with Gasteiger partial charge in [0, 0.05) is 0 Å². The molecule has 0 aliphatic rings. The summed E-state index contributed by atoms with van der Waals surface area (Å²) in [5.74, 6) is -0.250. The van der Waals surface area contributed by atoms with E-state index in [1.807, 2.05) is 32.0 Å². The van der Waals surface area contributed by atoms with Crippen molar-refractivity contribution < 1.29 is 4.79 Å². The summed E-state index contributed by atoms with van der Waals surface area (Å²) >= 11 is 0. The molecule has 0 heterocycles. The molecule has 1 rings (SSSR count). The van der Waals surface area contributed by atoms with Gasteiger partial charge in [0.25, 0.3) is 0 Å². The van der Waals surface area contributed by atoms with Crippen molar-refractivity contribution in [3.63, 3.8) is 0 Å². The van der Waals surface area contributed by atoms with Gasteiger partial charge >= 0.3 is 0 Å². The van der Waals surface area contributed by atoms with E-state index in [-0.39, 0.29) is 24.2 Å². The molecule has 2 atom stereocenters. The van der Waals surface area contributed by atoms with E-state index in [4.69, 9.17) is 11.0 Å². The van der Waals surface area contributed by atoms with Gasteiger partial charge < -0.3 is 11.1 Å². The van der Waals surface area contributed by atoms with E-state index in [9.17, 15) is 4.79 Å². The van der Waals surface area contributed by atoms with Crippen LogP contribution in [-0.4, -0.2) is 11.9 Å². The maximum atomic E-state index is 11.7. The molecule has 0 saturated heterocycles. The van der Waals surface area contributed by atoms with Crippen LogP contribution in [0, 0.1) is 17.2 Å². The Hall–Kier alpha value is -1.57. The topological polar surface area (TPSA) is 78.9 Å². The van der Waals surface area contributed by atoms with Gasteiger partial charge in [0.2, 0.25) is 5.91 Å². The first kappa shape index (κ1) is 16.4. The van der Waals surface area contributed by atoms with E-state index in [1.54, 1.807) is 12.1 Å². The molecule has 18 heavy (non-hydrogen) atoms. The molecule has 0 radical (unpaired) electrons. The zero-order chi connectivity index (χ0) is 12.8. The fourth-order valence-electron chi connectivity index (χ4n) is 1.38. The summed E-state index contributed by atoms with van der Waals surface area (Å²) in [7, 11) is 0. The molecule has 1 amide bonds. The van der Waals surface area contributed by atoms with Crippen LogP contribution in [0.1, 0.15) is 25.5 Å². The standard InChI is InChI=1S/C13H17N3O.ClH/c1-9(2)12(15)13(17)16-11(8-14)10-6-4-3-5-7-10;/h3-7,9,11-12H,15H2,1-2H3,(H,16,17);1H/t11?,12-;/m1./s1. The maximum Gasteiger partial charge on any atom is 0.238 e. The molecule has 0 spiro atoms. The molecule has 5 heteroatoms. The number of amides is 1. The number of hydrogen-bond acceptors (Lipinski definition) is 3. The zero-order valence-corrected chi connectivity index (χ0v) is 11.3. The smallest absolute Gasteiger partial charge is 0.238 e. The Morgan fingerprint density at radius 3 is 2.33 bits per heavy atom. The Bertz CT molecular complexity index is 414. The second-order valence-corrected chi connectivity index (χ2v) is 4.25. The number of benzene rings is 1. The van der Waals surface area contributed by atoms with Crippen LogP contribution in [0.3, 0.4) is 0 Å². The number of nitrogens with two attached hydrogens (primary N) is 1. The first-order valence-corrected chi connectivity index (χ1v) is 5.56. The number of nitriles is 1. The summed E-state index contributed by atoms with van der Waals surface area (Å²) in [5, 5.41) is 11.7. The van der Waals surface area contributed by atoms with Gasteiger partial charge in [-0.25, -0.2) is 0 Å². The van der Waals surface area contributed by atoms with Gasteiger partial charge in [-0.3, -0.25) is 4.79 Å². The number of hydrogen-bond donors (Lipinski definition) is 2. The van der Waals surface area contributed by atoms with Crippen LogP contribution in [0.25, 0.3) is 0 Å². The van der Waals surface area contributed by atoms with E-state index in [2.05, 4.69) is 11.4 Å². The van der Waals surface area contributed by atoms with E-state index < -0.39 is 12.1 Å². The number of rotatable bonds is 4.